The normalized spacial score (nSPS) is 36.1. The minimum atomic E-state index is 0.834. The predicted molar refractivity (Wildman–Crippen MR) is 85.2 cm³/mol. The molecule has 2 fully saturated rings. The quantitative estimate of drug-likeness (QED) is 0.488. The maximum Gasteiger partial charge on any atom is -0.0236 e. The fraction of sp³-hybridized carbons (Fsp3) is 0.895. The molecule has 0 nitrogen and oxygen atoms in total. The molecule has 0 heterocycles. The van der Waals surface area contributed by atoms with Gasteiger partial charge < -0.3 is 0 Å². The Morgan fingerprint density at radius 1 is 0.737 bits per heavy atom. The minimum Gasteiger partial charge on any atom is -0.103 e. The van der Waals surface area contributed by atoms with Gasteiger partial charge in [0.25, 0.3) is 0 Å². The first-order valence-corrected chi connectivity index (χ1v) is 8.94. The highest BCUT2D eigenvalue weighted by molar-refractivity contribution is 4.84. The fourth-order valence-electron chi connectivity index (χ4n) is 4.40. The maximum atomic E-state index is 3.95. The molecule has 0 unspecified atom stereocenters. The van der Waals surface area contributed by atoms with Crippen LogP contribution in [0.25, 0.3) is 0 Å². The summed E-state index contributed by atoms with van der Waals surface area (Å²) in [5, 5.41) is 0. The van der Waals surface area contributed by atoms with Gasteiger partial charge in [0, 0.05) is 0 Å². The summed E-state index contributed by atoms with van der Waals surface area (Å²) in [6.45, 7) is 6.29. The SMILES string of the molecule is C=CC1CCC(CCC2CCC(CCC)CC2)CC1. The Morgan fingerprint density at radius 2 is 1.16 bits per heavy atom. The van der Waals surface area contributed by atoms with Crippen molar-refractivity contribution in [1.82, 2.24) is 0 Å². The lowest BCUT2D eigenvalue weighted by Crippen LogP contribution is -2.17. The highest BCUT2D eigenvalue weighted by Crippen LogP contribution is 2.37. The van der Waals surface area contributed by atoms with Gasteiger partial charge in [-0.15, -0.1) is 6.58 Å². The molecule has 2 aliphatic carbocycles. The molecule has 0 aromatic carbocycles. The number of allylic oxidation sites excluding steroid dienone is 1. The monoisotopic (exact) mass is 262 g/mol. The lowest BCUT2D eigenvalue weighted by molar-refractivity contribution is 0.221. The molecule has 2 aliphatic rings. The summed E-state index contributed by atoms with van der Waals surface area (Å²) in [5.41, 5.74) is 0. The Balaban J connectivity index is 1.58. The molecule has 0 spiro atoms. The molecule has 110 valence electrons. The first kappa shape index (κ1) is 15.1. The second-order valence-corrected chi connectivity index (χ2v) is 7.27. The third kappa shape index (κ3) is 4.97. The van der Waals surface area contributed by atoms with Gasteiger partial charge in [-0.25, -0.2) is 0 Å². The molecule has 0 aromatic rings. The zero-order valence-electron chi connectivity index (χ0n) is 13.1. The summed E-state index contributed by atoms with van der Waals surface area (Å²) in [4.78, 5) is 0. The van der Waals surface area contributed by atoms with E-state index >= 15 is 0 Å². The van der Waals surface area contributed by atoms with Gasteiger partial charge in [-0.1, -0.05) is 64.4 Å². The lowest BCUT2D eigenvalue weighted by Gasteiger charge is -2.31. The van der Waals surface area contributed by atoms with Crippen LogP contribution in [0.15, 0.2) is 12.7 Å². The molecule has 0 bridgehead atoms. The van der Waals surface area contributed by atoms with Gasteiger partial charge in [0.2, 0.25) is 0 Å². The van der Waals surface area contributed by atoms with Crippen LogP contribution in [-0.4, -0.2) is 0 Å². The molecule has 0 radical (unpaired) electrons. The average Bonchev–Trinajstić information content (AvgIpc) is 2.47. The van der Waals surface area contributed by atoms with Gasteiger partial charge >= 0.3 is 0 Å². The van der Waals surface area contributed by atoms with Gasteiger partial charge in [0.1, 0.15) is 0 Å². The number of hydrogen-bond acceptors (Lipinski definition) is 0. The third-order valence-corrected chi connectivity index (χ3v) is 5.87. The van der Waals surface area contributed by atoms with Crippen molar-refractivity contribution in [1.29, 1.82) is 0 Å². The van der Waals surface area contributed by atoms with Gasteiger partial charge in [-0.3, -0.25) is 0 Å². The first-order chi connectivity index (χ1) is 9.31. The molecule has 2 rings (SSSR count). The molecule has 0 aliphatic heterocycles. The minimum absolute atomic E-state index is 0.834. The van der Waals surface area contributed by atoms with E-state index in [0.29, 0.717) is 0 Å². The third-order valence-electron chi connectivity index (χ3n) is 5.87. The molecule has 0 heteroatoms. The van der Waals surface area contributed by atoms with Crippen molar-refractivity contribution in [3.63, 3.8) is 0 Å². The van der Waals surface area contributed by atoms with E-state index in [1.807, 2.05) is 0 Å². The average molecular weight is 262 g/mol. The molecule has 0 atom stereocenters. The van der Waals surface area contributed by atoms with Gasteiger partial charge in [0.05, 0.1) is 0 Å². The Hall–Kier alpha value is -0.260. The van der Waals surface area contributed by atoms with Gasteiger partial charge in [0.15, 0.2) is 0 Å². The van der Waals surface area contributed by atoms with E-state index in [2.05, 4.69) is 19.6 Å². The van der Waals surface area contributed by atoms with E-state index < -0.39 is 0 Å². The lowest BCUT2D eigenvalue weighted by atomic mass is 9.75. The summed E-state index contributed by atoms with van der Waals surface area (Å²) >= 11 is 0. The molecular weight excluding hydrogens is 228 g/mol. The van der Waals surface area contributed by atoms with Gasteiger partial charge in [-0.2, -0.15) is 0 Å². The van der Waals surface area contributed by atoms with E-state index in [4.69, 9.17) is 0 Å². The second kappa shape index (κ2) is 8.12. The summed E-state index contributed by atoms with van der Waals surface area (Å²) in [6, 6.07) is 0. The van der Waals surface area contributed by atoms with Gasteiger partial charge in [-0.05, 0) is 49.4 Å². The van der Waals surface area contributed by atoms with Crippen LogP contribution in [0.5, 0.6) is 0 Å². The van der Waals surface area contributed by atoms with E-state index in [1.54, 1.807) is 0 Å². The van der Waals surface area contributed by atoms with Crippen molar-refractivity contribution >= 4 is 0 Å². The Labute approximate surface area is 121 Å². The molecule has 0 amide bonds. The van der Waals surface area contributed by atoms with Crippen molar-refractivity contribution in [3.8, 4) is 0 Å². The van der Waals surface area contributed by atoms with Crippen LogP contribution in [0.4, 0.5) is 0 Å². The van der Waals surface area contributed by atoms with Crippen LogP contribution < -0.4 is 0 Å². The summed E-state index contributed by atoms with van der Waals surface area (Å²) in [7, 11) is 0. The zero-order chi connectivity index (χ0) is 13.5. The summed E-state index contributed by atoms with van der Waals surface area (Å²) in [5.74, 6) is 4.03. The molecule has 19 heavy (non-hydrogen) atoms. The molecule has 0 aromatic heterocycles. The largest absolute Gasteiger partial charge is 0.103 e. The van der Waals surface area contributed by atoms with Crippen molar-refractivity contribution in [2.75, 3.05) is 0 Å². The van der Waals surface area contributed by atoms with Crippen LogP contribution in [-0.2, 0) is 0 Å². The van der Waals surface area contributed by atoms with Crippen LogP contribution in [0.1, 0.15) is 84.0 Å². The maximum absolute atomic E-state index is 3.95. The zero-order valence-corrected chi connectivity index (χ0v) is 13.1. The van der Waals surface area contributed by atoms with Crippen molar-refractivity contribution in [2.45, 2.75) is 84.0 Å². The second-order valence-electron chi connectivity index (χ2n) is 7.27. The molecule has 0 saturated heterocycles. The number of hydrogen-bond donors (Lipinski definition) is 0. The highest BCUT2D eigenvalue weighted by Gasteiger charge is 2.23. The van der Waals surface area contributed by atoms with Crippen LogP contribution in [0.2, 0.25) is 0 Å². The van der Waals surface area contributed by atoms with E-state index in [-0.39, 0.29) is 0 Å². The Morgan fingerprint density at radius 3 is 1.58 bits per heavy atom. The van der Waals surface area contributed by atoms with E-state index in [1.165, 1.54) is 77.0 Å². The predicted octanol–water partition coefficient (Wildman–Crippen LogP) is 6.37. The smallest absolute Gasteiger partial charge is 0.0236 e. The van der Waals surface area contributed by atoms with E-state index in [9.17, 15) is 0 Å². The molecular formula is C19H34. The van der Waals surface area contributed by atoms with Crippen LogP contribution in [0, 0.1) is 23.7 Å². The Kier molecular flexibility index (Phi) is 6.47. The number of rotatable bonds is 6. The van der Waals surface area contributed by atoms with Crippen molar-refractivity contribution < 1.29 is 0 Å². The summed E-state index contributed by atoms with van der Waals surface area (Å²) in [6.07, 6.45) is 20.0. The standard InChI is InChI=1S/C19H34/c1-3-5-17-10-12-19(13-11-17)15-14-18-8-6-16(4-2)7-9-18/h4,16-19H,2-3,5-15H2,1H3. The Bertz CT molecular complexity index is 239. The topological polar surface area (TPSA) is 0 Å². The van der Waals surface area contributed by atoms with Crippen LogP contribution >= 0.6 is 0 Å². The fourth-order valence-corrected chi connectivity index (χ4v) is 4.40. The highest BCUT2D eigenvalue weighted by atomic mass is 14.3. The van der Waals surface area contributed by atoms with Crippen LogP contribution in [0.3, 0.4) is 0 Å². The first-order valence-electron chi connectivity index (χ1n) is 8.94. The van der Waals surface area contributed by atoms with Crippen molar-refractivity contribution in [2.24, 2.45) is 23.7 Å². The van der Waals surface area contributed by atoms with Crippen molar-refractivity contribution in [3.05, 3.63) is 12.7 Å². The molecule has 0 N–H and O–H groups in total. The van der Waals surface area contributed by atoms with E-state index in [0.717, 1.165) is 23.7 Å². The molecule has 2 saturated carbocycles. The summed E-state index contributed by atoms with van der Waals surface area (Å²) < 4.78 is 0.